The third-order valence-corrected chi connectivity index (χ3v) is 8.37. The third kappa shape index (κ3) is 23.1. The van der Waals surface area contributed by atoms with E-state index in [9.17, 15) is 58.5 Å². The molecule has 27 heteroatoms. The van der Waals surface area contributed by atoms with Gasteiger partial charge in [-0.15, -0.1) is 0 Å². The number of carbonyl (C=O) groups is 9. The van der Waals surface area contributed by atoms with Gasteiger partial charge in [0.1, 0.15) is 36.3 Å². The van der Waals surface area contributed by atoms with Crippen LogP contribution in [0.25, 0.3) is 0 Å². The van der Waals surface area contributed by atoms with Gasteiger partial charge >= 0.3 is 17.9 Å². The summed E-state index contributed by atoms with van der Waals surface area (Å²) >= 11 is 0. The Morgan fingerprint density at radius 3 is 1.39 bits per heavy atom. The number of amides is 6. The number of aliphatic carboxylic acids is 3. The smallest absolute Gasteiger partial charge is 0.326 e. The van der Waals surface area contributed by atoms with Crippen LogP contribution in [0.15, 0.2) is 9.98 Å². The molecule has 346 valence electrons. The lowest BCUT2D eigenvalue weighted by atomic mass is 10.0. The molecule has 0 spiro atoms. The number of nitrogens with two attached hydrogens (primary N) is 5. The summed E-state index contributed by atoms with van der Waals surface area (Å²) in [5, 5.41) is 61.8. The minimum atomic E-state index is -1.82. The molecule has 0 aromatic carbocycles. The van der Waals surface area contributed by atoms with Crippen molar-refractivity contribution in [2.24, 2.45) is 44.6 Å². The van der Waals surface area contributed by atoms with Crippen molar-refractivity contribution in [1.82, 2.24) is 31.9 Å². The molecular weight excluding hydrogens is 814 g/mol. The molecule has 0 saturated carbocycles. The number of aliphatic hydroxyl groups excluding tert-OH is 2. The fourth-order valence-corrected chi connectivity index (χ4v) is 5.26. The number of aliphatic hydroxyl groups is 2. The van der Waals surface area contributed by atoms with Crippen LogP contribution in [0.1, 0.15) is 72.1 Å². The van der Waals surface area contributed by atoms with Crippen molar-refractivity contribution >= 4 is 65.3 Å². The summed E-state index contributed by atoms with van der Waals surface area (Å²) in [5.74, 6) is -11.4. The fourth-order valence-electron chi connectivity index (χ4n) is 5.26. The van der Waals surface area contributed by atoms with Crippen LogP contribution in [0, 0.1) is 5.92 Å². The van der Waals surface area contributed by atoms with E-state index in [0.29, 0.717) is 0 Å². The molecule has 6 amide bonds. The molecule has 0 unspecified atom stereocenters. The van der Waals surface area contributed by atoms with Gasteiger partial charge in [0.05, 0.1) is 25.2 Å². The zero-order valence-corrected chi connectivity index (χ0v) is 34.2. The SMILES string of the molecule is CC(C)C[C@H](NC(=O)[C@@H](NC(=O)[C@H](CO)NC(=O)[C@H](CCCN=C(N)N)NC(=O)[C@@H](N)CC(=O)O)[C@@H](C)O)C(=O)N[C@@H](CCCN=C(N)N)C(=O)N[C@@H](CCC(=O)O)C(=O)O. The second-order valence-electron chi connectivity index (χ2n) is 14.2. The first-order chi connectivity index (χ1) is 28.4. The van der Waals surface area contributed by atoms with E-state index in [1.54, 1.807) is 13.8 Å². The third-order valence-electron chi connectivity index (χ3n) is 8.37. The van der Waals surface area contributed by atoms with Crippen LogP contribution >= 0.6 is 0 Å². The van der Waals surface area contributed by atoms with E-state index in [4.69, 9.17) is 38.9 Å². The minimum absolute atomic E-state index is 0.00114. The topological polar surface area (TPSA) is 482 Å². The number of carboxylic acids is 3. The molecule has 0 radical (unpaired) electrons. The zero-order valence-electron chi connectivity index (χ0n) is 34.2. The van der Waals surface area contributed by atoms with Crippen LogP contribution in [-0.2, 0) is 43.2 Å². The maximum absolute atomic E-state index is 13.7. The molecule has 0 aromatic rings. The van der Waals surface area contributed by atoms with Crippen LogP contribution < -0.4 is 60.6 Å². The predicted molar refractivity (Wildman–Crippen MR) is 214 cm³/mol. The number of hydrogen-bond donors (Lipinski definition) is 16. The molecule has 27 nitrogen and oxygen atoms in total. The summed E-state index contributed by atoms with van der Waals surface area (Å²) in [6.45, 7) is 3.41. The van der Waals surface area contributed by atoms with E-state index in [1.165, 1.54) is 0 Å². The Balaban J connectivity index is 6.26. The van der Waals surface area contributed by atoms with E-state index in [1.807, 2.05) is 0 Å². The van der Waals surface area contributed by atoms with E-state index in [2.05, 4.69) is 41.9 Å². The van der Waals surface area contributed by atoms with Crippen molar-refractivity contribution in [2.45, 2.75) is 121 Å². The Morgan fingerprint density at radius 1 is 0.557 bits per heavy atom. The van der Waals surface area contributed by atoms with Gasteiger partial charge in [0.25, 0.3) is 0 Å². The van der Waals surface area contributed by atoms with Gasteiger partial charge in [0.2, 0.25) is 35.4 Å². The molecule has 0 heterocycles. The van der Waals surface area contributed by atoms with Crippen LogP contribution in [-0.4, -0.2) is 159 Å². The first-order valence-electron chi connectivity index (χ1n) is 19.0. The number of nitrogens with one attached hydrogen (secondary N) is 6. The predicted octanol–water partition coefficient (Wildman–Crippen LogP) is -6.83. The second-order valence-corrected chi connectivity index (χ2v) is 14.2. The van der Waals surface area contributed by atoms with Gasteiger partial charge in [-0.05, 0) is 51.4 Å². The monoisotopic (exact) mass is 875 g/mol. The van der Waals surface area contributed by atoms with Crippen molar-refractivity contribution in [3.8, 4) is 0 Å². The largest absolute Gasteiger partial charge is 0.481 e. The van der Waals surface area contributed by atoms with Crippen molar-refractivity contribution in [3.63, 3.8) is 0 Å². The molecule has 0 aromatic heterocycles. The second kappa shape index (κ2) is 28.2. The Hall–Kier alpha value is -6.35. The number of carboxylic acid groups (broad SMARTS) is 3. The average molecular weight is 876 g/mol. The lowest BCUT2D eigenvalue weighted by molar-refractivity contribution is -0.143. The zero-order chi connectivity index (χ0) is 47.0. The molecule has 0 rings (SSSR count). The summed E-state index contributed by atoms with van der Waals surface area (Å²) in [5.41, 5.74) is 26.9. The lowest BCUT2D eigenvalue weighted by Gasteiger charge is -2.28. The van der Waals surface area contributed by atoms with E-state index >= 15 is 0 Å². The van der Waals surface area contributed by atoms with Gasteiger partial charge in [0, 0.05) is 19.5 Å². The summed E-state index contributed by atoms with van der Waals surface area (Å²) in [6, 6.07) is -11.2. The molecule has 0 saturated heterocycles. The molecule has 0 bridgehead atoms. The van der Waals surface area contributed by atoms with Crippen molar-refractivity contribution < 1.29 is 68.7 Å². The molecule has 0 fully saturated rings. The quantitative estimate of drug-likeness (QED) is 0.0181. The van der Waals surface area contributed by atoms with Crippen LogP contribution in [0.3, 0.4) is 0 Å². The number of hydrogen-bond acceptors (Lipinski definition) is 14. The van der Waals surface area contributed by atoms with Crippen molar-refractivity contribution in [3.05, 3.63) is 0 Å². The average Bonchev–Trinajstić information content (AvgIpc) is 3.14. The molecule has 61 heavy (non-hydrogen) atoms. The van der Waals surface area contributed by atoms with Crippen LogP contribution in [0.4, 0.5) is 0 Å². The standard InChI is InChI=1S/C34H61N13O14/c1-15(2)12-21(29(57)43-19(7-5-11-41-34(38)39)27(55)44-20(32(60)61)8-9-23(50)51)45-31(59)25(16(3)49)47-30(58)22(14-48)46-28(56)18(6-4-10-40-33(36)37)42-26(54)17(35)13-24(52)53/h15-22,25,48-49H,4-14,35H2,1-3H3,(H,42,54)(H,43,57)(H,44,55)(H,45,59)(H,46,56)(H,47,58)(H,50,51)(H,52,53)(H,60,61)(H4,36,37,40)(H4,38,39,41)/t16-,17+,18+,19+,20+,21+,22+,25+/m1/s1. The van der Waals surface area contributed by atoms with Gasteiger partial charge in [-0.1, -0.05) is 13.8 Å². The highest BCUT2D eigenvalue weighted by Crippen LogP contribution is 2.10. The van der Waals surface area contributed by atoms with E-state index in [0.717, 1.165) is 6.92 Å². The molecule has 8 atom stereocenters. The summed E-state index contributed by atoms with van der Waals surface area (Å²) in [7, 11) is 0. The number of nitrogens with zero attached hydrogens (tertiary/aromatic N) is 2. The molecular formula is C34H61N13O14. The normalized spacial score (nSPS) is 14.8. The van der Waals surface area contributed by atoms with E-state index in [-0.39, 0.29) is 63.0 Å². The number of aliphatic imine (C=N–C) groups is 2. The highest BCUT2D eigenvalue weighted by atomic mass is 16.4. The van der Waals surface area contributed by atoms with Crippen molar-refractivity contribution in [2.75, 3.05) is 19.7 Å². The highest BCUT2D eigenvalue weighted by molar-refractivity contribution is 5.97. The maximum atomic E-state index is 13.7. The minimum Gasteiger partial charge on any atom is -0.481 e. The van der Waals surface area contributed by atoms with Gasteiger partial charge in [-0.3, -0.25) is 48.3 Å². The van der Waals surface area contributed by atoms with Crippen molar-refractivity contribution in [1.29, 1.82) is 0 Å². The summed E-state index contributed by atoms with van der Waals surface area (Å²) < 4.78 is 0. The maximum Gasteiger partial charge on any atom is 0.326 e. The molecule has 21 N–H and O–H groups in total. The molecule has 0 aliphatic carbocycles. The molecule has 0 aliphatic rings. The Labute approximate surface area is 350 Å². The lowest BCUT2D eigenvalue weighted by Crippen LogP contribution is -2.62. The van der Waals surface area contributed by atoms with Gasteiger partial charge in [-0.2, -0.15) is 0 Å². The Bertz CT molecular complexity index is 1590. The van der Waals surface area contributed by atoms with Crippen LogP contribution in [0.5, 0.6) is 0 Å². The van der Waals surface area contributed by atoms with Gasteiger partial charge in [0.15, 0.2) is 11.9 Å². The first-order valence-corrected chi connectivity index (χ1v) is 19.0. The Morgan fingerprint density at radius 2 is 0.984 bits per heavy atom. The first kappa shape index (κ1) is 54.6. The number of guanidine groups is 2. The van der Waals surface area contributed by atoms with Gasteiger partial charge < -0.3 is 86.1 Å². The summed E-state index contributed by atoms with van der Waals surface area (Å²) in [4.78, 5) is 121. The number of rotatable bonds is 30. The van der Waals surface area contributed by atoms with Crippen LogP contribution in [0.2, 0.25) is 0 Å². The number of carbonyl (C=O) groups excluding carboxylic acids is 6. The summed E-state index contributed by atoms with van der Waals surface area (Å²) in [6.07, 6.45) is -3.72. The van der Waals surface area contributed by atoms with E-state index < -0.39 is 128 Å². The van der Waals surface area contributed by atoms with Gasteiger partial charge in [-0.25, -0.2) is 4.79 Å². The fraction of sp³-hybridized carbons (Fsp3) is 0.676. The Kier molecular flexibility index (Phi) is 25.2. The molecule has 0 aliphatic heterocycles. The highest BCUT2D eigenvalue weighted by Gasteiger charge is 2.35.